The van der Waals surface area contributed by atoms with Crippen molar-refractivity contribution in [3.8, 4) is 0 Å². The van der Waals surface area contributed by atoms with Crippen molar-refractivity contribution in [2.75, 3.05) is 0 Å². The standard InChI is InChI=1S/C19H34/c1-4-7-8-9-10-13-17-14-15-18(11-5-2)19(16-17)12-6-3/h14-15,17H,4-13,16H2,1-3H3. The molecule has 0 aromatic carbocycles. The summed E-state index contributed by atoms with van der Waals surface area (Å²) >= 11 is 0. The van der Waals surface area contributed by atoms with Gasteiger partial charge in [0.15, 0.2) is 0 Å². The largest absolute Gasteiger partial charge is 0.0808 e. The Balaban J connectivity index is 2.35. The van der Waals surface area contributed by atoms with E-state index in [-0.39, 0.29) is 0 Å². The van der Waals surface area contributed by atoms with Crippen LogP contribution in [0.5, 0.6) is 0 Å². The molecule has 0 radical (unpaired) electrons. The molecule has 0 heteroatoms. The fourth-order valence-electron chi connectivity index (χ4n) is 3.19. The van der Waals surface area contributed by atoms with Crippen LogP contribution in [0.1, 0.15) is 91.4 Å². The van der Waals surface area contributed by atoms with E-state index in [1.807, 2.05) is 0 Å². The van der Waals surface area contributed by atoms with Gasteiger partial charge in [0, 0.05) is 0 Å². The van der Waals surface area contributed by atoms with E-state index < -0.39 is 0 Å². The van der Waals surface area contributed by atoms with E-state index >= 15 is 0 Å². The van der Waals surface area contributed by atoms with Crippen LogP contribution in [0.4, 0.5) is 0 Å². The summed E-state index contributed by atoms with van der Waals surface area (Å²) in [6.07, 6.45) is 20.0. The zero-order valence-electron chi connectivity index (χ0n) is 13.5. The molecule has 19 heavy (non-hydrogen) atoms. The van der Waals surface area contributed by atoms with Crippen LogP contribution in [0.25, 0.3) is 0 Å². The average Bonchev–Trinajstić information content (AvgIpc) is 2.42. The molecule has 1 unspecified atom stereocenters. The van der Waals surface area contributed by atoms with Gasteiger partial charge in [-0.2, -0.15) is 0 Å². The summed E-state index contributed by atoms with van der Waals surface area (Å²) in [5.41, 5.74) is 3.43. The molecule has 0 spiro atoms. The van der Waals surface area contributed by atoms with Gasteiger partial charge in [0.1, 0.15) is 0 Å². The minimum atomic E-state index is 0.837. The highest BCUT2D eigenvalue weighted by atomic mass is 14.2. The third-order valence-corrected chi connectivity index (χ3v) is 4.28. The molecule has 1 atom stereocenters. The van der Waals surface area contributed by atoms with Crippen molar-refractivity contribution in [3.63, 3.8) is 0 Å². The SMILES string of the molecule is CCCCCCCC1C=CC(CCC)=C(CCC)C1. The van der Waals surface area contributed by atoms with Crippen molar-refractivity contribution in [1.82, 2.24) is 0 Å². The predicted molar refractivity (Wildman–Crippen MR) is 87.5 cm³/mol. The maximum atomic E-state index is 2.50. The molecule has 0 saturated carbocycles. The van der Waals surface area contributed by atoms with Crippen LogP contribution in [0.15, 0.2) is 23.3 Å². The van der Waals surface area contributed by atoms with Crippen LogP contribution in [0.2, 0.25) is 0 Å². The number of hydrogen-bond donors (Lipinski definition) is 0. The quantitative estimate of drug-likeness (QED) is 0.379. The van der Waals surface area contributed by atoms with Gasteiger partial charge in [-0.1, -0.05) is 83.4 Å². The zero-order valence-corrected chi connectivity index (χ0v) is 13.5. The average molecular weight is 262 g/mol. The lowest BCUT2D eigenvalue weighted by Gasteiger charge is -2.22. The highest BCUT2D eigenvalue weighted by Gasteiger charge is 2.15. The van der Waals surface area contributed by atoms with Crippen molar-refractivity contribution in [2.45, 2.75) is 91.4 Å². The number of rotatable bonds is 10. The molecular formula is C19H34. The third-order valence-electron chi connectivity index (χ3n) is 4.28. The van der Waals surface area contributed by atoms with Crippen LogP contribution in [0, 0.1) is 5.92 Å². The lowest BCUT2D eigenvalue weighted by molar-refractivity contribution is 0.507. The van der Waals surface area contributed by atoms with Gasteiger partial charge in [-0.05, 0) is 37.2 Å². The van der Waals surface area contributed by atoms with Crippen molar-refractivity contribution in [3.05, 3.63) is 23.3 Å². The van der Waals surface area contributed by atoms with Crippen LogP contribution in [-0.2, 0) is 0 Å². The van der Waals surface area contributed by atoms with Crippen LogP contribution in [-0.4, -0.2) is 0 Å². The van der Waals surface area contributed by atoms with Gasteiger partial charge >= 0.3 is 0 Å². The van der Waals surface area contributed by atoms with E-state index in [9.17, 15) is 0 Å². The van der Waals surface area contributed by atoms with Crippen molar-refractivity contribution in [1.29, 1.82) is 0 Å². The topological polar surface area (TPSA) is 0 Å². The Morgan fingerprint density at radius 1 is 0.895 bits per heavy atom. The molecule has 0 bridgehead atoms. The molecule has 1 aliphatic rings. The number of allylic oxidation sites excluding steroid dienone is 4. The molecule has 1 aliphatic carbocycles. The summed E-state index contributed by atoms with van der Waals surface area (Å²) in [6.45, 7) is 6.90. The Kier molecular flexibility index (Phi) is 8.95. The molecule has 110 valence electrons. The van der Waals surface area contributed by atoms with Gasteiger partial charge in [-0.15, -0.1) is 0 Å². The third kappa shape index (κ3) is 6.45. The minimum absolute atomic E-state index is 0.837. The Morgan fingerprint density at radius 3 is 2.32 bits per heavy atom. The molecule has 0 aliphatic heterocycles. The first-order valence-electron chi connectivity index (χ1n) is 8.70. The number of unbranched alkanes of at least 4 members (excludes halogenated alkanes) is 4. The van der Waals surface area contributed by atoms with Gasteiger partial charge in [0.2, 0.25) is 0 Å². The molecule has 0 N–H and O–H groups in total. The molecule has 0 aromatic heterocycles. The van der Waals surface area contributed by atoms with E-state index in [1.165, 1.54) is 70.6 Å². The highest BCUT2D eigenvalue weighted by molar-refractivity contribution is 5.30. The van der Waals surface area contributed by atoms with Gasteiger partial charge in [-0.3, -0.25) is 0 Å². The van der Waals surface area contributed by atoms with Crippen LogP contribution in [0.3, 0.4) is 0 Å². The fraction of sp³-hybridized carbons (Fsp3) is 0.789. The second-order valence-electron chi connectivity index (χ2n) is 6.16. The maximum absolute atomic E-state index is 2.50. The van der Waals surface area contributed by atoms with E-state index in [1.54, 1.807) is 11.1 Å². The monoisotopic (exact) mass is 262 g/mol. The number of hydrogen-bond acceptors (Lipinski definition) is 0. The summed E-state index contributed by atoms with van der Waals surface area (Å²) < 4.78 is 0. The van der Waals surface area contributed by atoms with Gasteiger partial charge in [0.05, 0.1) is 0 Å². The predicted octanol–water partition coefficient (Wildman–Crippen LogP) is 6.82. The van der Waals surface area contributed by atoms with Crippen molar-refractivity contribution < 1.29 is 0 Å². The summed E-state index contributed by atoms with van der Waals surface area (Å²) in [7, 11) is 0. The molecule has 1 rings (SSSR count). The highest BCUT2D eigenvalue weighted by Crippen LogP contribution is 2.32. The molecule has 0 heterocycles. The Bertz CT molecular complexity index is 282. The first kappa shape index (κ1) is 16.5. The molecule has 0 aromatic rings. The smallest absolute Gasteiger partial charge is 0.0193 e. The lowest BCUT2D eigenvalue weighted by atomic mass is 9.83. The second kappa shape index (κ2) is 10.3. The summed E-state index contributed by atoms with van der Waals surface area (Å²) in [5.74, 6) is 0.837. The zero-order chi connectivity index (χ0) is 13.9. The first-order valence-corrected chi connectivity index (χ1v) is 8.70. The van der Waals surface area contributed by atoms with Crippen molar-refractivity contribution in [2.24, 2.45) is 5.92 Å². The Morgan fingerprint density at radius 2 is 1.63 bits per heavy atom. The molecule has 0 saturated heterocycles. The summed E-state index contributed by atoms with van der Waals surface area (Å²) in [5, 5.41) is 0. The van der Waals surface area contributed by atoms with Crippen molar-refractivity contribution >= 4 is 0 Å². The maximum Gasteiger partial charge on any atom is -0.0193 e. The minimum Gasteiger partial charge on any atom is -0.0808 e. The summed E-state index contributed by atoms with van der Waals surface area (Å²) in [6, 6.07) is 0. The van der Waals surface area contributed by atoms with E-state index in [2.05, 4.69) is 32.9 Å². The van der Waals surface area contributed by atoms with Gasteiger partial charge in [-0.25, -0.2) is 0 Å². The lowest BCUT2D eigenvalue weighted by Crippen LogP contribution is -2.06. The first-order chi connectivity index (χ1) is 9.31. The molecule has 0 amide bonds. The van der Waals surface area contributed by atoms with Crippen LogP contribution >= 0.6 is 0 Å². The summed E-state index contributed by atoms with van der Waals surface area (Å²) in [4.78, 5) is 0. The molecular weight excluding hydrogens is 228 g/mol. The Labute approximate surface area is 121 Å². The normalized spacial score (nSPS) is 19.2. The molecule has 0 fully saturated rings. The van der Waals surface area contributed by atoms with E-state index in [0.29, 0.717) is 0 Å². The van der Waals surface area contributed by atoms with E-state index in [4.69, 9.17) is 0 Å². The van der Waals surface area contributed by atoms with Gasteiger partial charge < -0.3 is 0 Å². The van der Waals surface area contributed by atoms with Crippen LogP contribution < -0.4 is 0 Å². The van der Waals surface area contributed by atoms with Gasteiger partial charge in [0.25, 0.3) is 0 Å². The van der Waals surface area contributed by atoms with E-state index in [0.717, 1.165) is 5.92 Å². The molecule has 0 nitrogen and oxygen atoms in total. The fourth-order valence-corrected chi connectivity index (χ4v) is 3.19. The Hall–Kier alpha value is -0.520. The second-order valence-corrected chi connectivity index (χ2v) is 6.16.